The van der Waals surface area contributed by atoms with Gasteiger partial charge in [0.1, 0.15) is 42.7 Å². The van der Waals surface area contributed by atoms with Crippen molar-refractivity contribution in [3.63, 3.8) is 0 Å². The molecule has 0 bridgehead atoms. The van der Waals surface area contributed by atoms with Gasteiger partial charge < -0.3 is 39.9 Å². The van der Waals surface area contributed by atoms with Gasteiger partial charge in [0.25, 0.3) is 0 Å². The maximum absolute atomic E-state index is 12.8. The summed E-state index contributed by atoms with van der Waals surface area (Å²) in [6.07, 6.45) is 35.5. The summed E-state index contributed by atoms with van der Waals surface area (Å²) in [6, 6.07) is 0. The lowest BCUT2D eigenvalue weighted by Gasteiger charge is -2.41. The molecule has 0 spiro atoms. The van der Waals surface area contributed by atoms with Crippen LogP contribution in [-0.2, 0) is 27.9 Å². The quantitative estimate of drug-likeness (QED) is 0.0150. The fourth-order valence-electron chi connectivity index (χ4n) is 6.43. The van der Waals surface area contributed by atoms with Crippen molar-refractivity contribution < 1.29 is 58.3 Å². The summed E-state index contributed by atoms with van der Waals surface area (Å²) in [5.41, 5.74) is 0. The van der Waals surface area contributed by atoms with E-state index in [2.05, 4.69) is 86.8 Å². The summed E-state index contributed by atoms with van der Waals surface area (Å²) < 4.78 is 34.1. The Morgan fingerprint density at radius 3 is 1.50 bits per heavy atom. The van der Waals surface area contributed by atoms with Crippen molar-refractivity contribution in [1.29, 1.82) is 0 Å². The summed E-state index contributed by atoms with van der Waals surface area (Å²) >= 11 is 0. The molecular weight excluding hydrogens is 787 g/mol. The van der Waals surface area contributed by atoms with Crippen molar-refractivity contribution in [2.45, 2.75) is 198 Å². The van der Waals surface area contributed by atoms with E-state index in [0.717, 1.165) is 83.5 Å². The minimum absolute atomic E-state index is 0.0995. The maximum Gasteiger partial charge on any atom is 0.472 e. The van der Waals surface area contributed by atoms with E-state index in [1.54, 1.807) is 0 Å². The number of hydrogen-bond acceptors (Lipinski definition) is 11. The van der Waals surface area contributed by atoms with Gasteiger partial charge in [-0.05, 0) is 83.5 Å². The van der Waals surface area contributed by atoms with Crippen molar-refractivity contribution in [1.82, 2.24) is 0 Å². The van der Waals surface area contributed by atoms with Crippen molar-refractivity contribution >= 4 is 13.8 Å². The Morgan fingerprint density at radius 2 is 0.983 bits per heavy atom. The number of ether oxygens (including phenoxy) is 2. The molecule has 6 unspecified atom stereocenters. The zero-order valence-electron chi connectivity index (χ0n) is 36.7. The summed E-state index contributed by atoms with van der Waals surface area (Å²) in [7, 11) is -5.03. The summed E-state index contributed by atoms with van der Waals surface area (Å²) in [5.74, 6) is -0.513. The molecule has 1 aliphatic rings. The van der Waals surface area contributed by atoms with Gasteiger partial charge in [-0.1, -0.05) is 138 Å². The zero-order chi connectivity index (χ0) is 44.1. The number of rotatable bonds is 37. The van der Waals surface area contributed by atoms with Crippen LogP contribution in [0, 0.1) is 0 Å². The summed E-state index contributed by atoms with van der Waals surface area (Å²) in [4.78, 5) is 23.1. The molecule has 0 aromatic carbocycles. The minimum atomic E-state index is -5.03. The van der Waals surface area contributed by atoms with Crippen LogP contribution < -0.4 is 0 Å². The molecule has 1 rings (SSSR count). The van der Waals surface area contributed by atoms with Gasteiger partial charge in [0, 0.05) is 13.0 Å². The lowest BCUT2D eigenvalue weighted by molar-refractivity contribution is -0.220. The molecule has 1 saturated carbocycles. The number of esters is 1. The van der Waals surface area contributed by atoms with Crippen molar-refractivity contribution in [2.24, 2.45) is 0 Å². The first-order chi connectivity index (χ1) is 29.0. The lowest BCUT2D eigenvalue weighted by Crippen LogP contribution is -2.64. The zero-order valence-corrected chi connectivity index (χ0v) is 37.6. The topological polar surface area (TPSA) is 192 Å². The number of aliphatic hydroxyl groups excluding tert-OH is 5. The standard InChI is InChI=1S/C47H81O12P/c1-3-5-7-9-11-13-15-17-18-19-20-21-22-23-25-27-29-31-33-35-37-56-38-40(39-57-60(54,55)59-47-45(52)43(50)42(49)44(51)46(47)53)58-41(48)36-34-32-30-28-26-24-16-14-12-10-8-6-4-2/h6,8,11-14,17-18,20-21,24,26,40,42-47,49-53H,3-5,7,9-10,15-16,19,22-23,25,27-39H2,1-2H3,(H,54,55)/b8-6-,13-11-,14-12-,18-17-,21-20-,26-24-. The van der Waals surface area contributed by atoms with Crippen LogP contribution >= 0.6 is 7.82 Å². The molecule has 0 aromatic rings. The Kier molecular flexibility index (Phi) is 34.7. The Labute approximate surface area is 361 Å². The molecule has 0 aliphatic heterocycles. The van der Waals surface area contributed by atoms with E-state index in [0.29, 0.717) is 13.0 Å². The number of aliphatic hydroxyl groups is 5. The molecule has 6 N–H and O–H groups in total. The van der Waals surface area contributed by atoms with Crippen LogP contribution in [0.25, 0.3) is 0 Å². The molecule has 0 aromatic heterocycles. The van der Waals surface area contributed by atoms with Crippen LogP contribution in [0.2, 0.25) is 0 Å². The molecule has 346 valence electrons. The van der Waals surface area contributed by atoms with Gasteiger partial charge in [-0.3, -0.25) is 13.8 Å². The fourth-order valence-corrected chi connectivity index (χ4v) is 7.41. The van der Waals surface area contributed by atoms with Crippen LogP contribution in [-0.4, -0.2) is 98.9 Å². The Morgan fingerprint density at radius 1 is 0.550 bits per heavy atom. The van der Waals surface area contributed by atoms with Gasteiger partial charge in [-0.15, -0.1) is 0 Å². The Hall–Kier alpha value is -2.22. The third-order valence-electron chi connectivity index (χ3n) is 10.1. The average molecular weight is 869 g/mol. The number of unbranched alkanes of at least 4 members (excludes halogenated alkanes) is 13. The van der Waals surface area contributed by atoms with Crippen LogP contribution in [0.15, 0.2) is 72.9 Å². The number of allylic oxidation sites excluding steroid dienone is 12. The smallest absolute Gasteiger partial charge is 0.457 e. The Bertz CT molecular complexity index is 1260. The molecule has 0 heterocycles. The second-order valence-electron chi connectivity index (χ2n) is 15.5. The normalized spacial score (nSPS) is 23.0. The number of carbonyl (C=O) groups excluding carboxylic acids is 1. The van der Waals surface area contributed by atoms with E-state index in [4.69, 9.17) is 18.5 Å². The fraction of sp³-hybridized carbons (Fsp3) is 0.723. The highest BCUT2D eigenvalue weighted by molar-refractivity contribution is 7.47. The van der Waals surface area contributed by atoms with E-state index in [1.807, 2.05) is 0 Å². The molecule has 0 saturated heterocycles. The molecule has 1 aliphatic carbocycles. The van der Waals surface area contributed by atoms with E-state index in [-0.39, 0.29) is 13.0 Å². The van der Waals surface area contributed by atoms with Crippen LogP contribution in [0.1, 0.15) is 155 Å². The first-order valence-electron chi connectivity index (χ1n) is 22.8. The molecule has 0 radical (unpaired) electrons. The predicted molar refractivity (Wildman–Crippen MR) is 239 cm³/mol. The van der Waals surface area contributed by atoms with Crippen molar-refractivity contribution in [3.05, 3.63) is 72.9 Å². The number of hydrogen-bond donors (Lipinski definition) is 6. The minimum Gasteiger partial charge on any atom is -0.457 e. The van der Waals surface area contributed by atoms with Crippen molar-refractivity contribution in [3.8, 4) is 0 Å². The van der Waals surface area contributed by atoms with Gasteiger partial charge in [0.15, 0.2) is 0 Å². The Balaban J connectivity index is 2.41. The SMILES string of the molecule is CC/C=C\C/C=C\C/C=C\CCCCCC(=O)OC(COCCCCCCCCC/C=C\C/C=C\C/C=C\CCCCC)COP(=O)(O)OC1C(O)C(O)C(O)C(O)C1O. The first kappa shape index (κ1) is 55.8. The molecule has 12 nitrogen and oxygen atoms in total. The molecule has 60 heavy (non-hydrogen) atoms. The largest absolute Gasteiger partial charge is 0.472 e. The van der Waals surface area contributed by atoms with Crippen LogP contribution in [0.5, 0.6) is 0 Å². The molecule has 13 heteroatoms. The second kappa shape index (κ2) is 37.3. The number of carbonyl (C=O) groups is 1. The molecule has 1 fully saturated rings. The summed E-state index contributed by atoms with van der Waals surface area (Å²) in [5, 5.41) is 50.1. The average Bonchev–Trinajstić information content (AvgIpc) is 3.23. The second-order valence-corrected chi connectivity index (χ2v) is 16.9. The molecule has 0 amide bonds. The molecule has 6 atom stereocenters. The number of phosphoric acid groups is 1. The van der Waals surface area contributed by atoms with Crippen molar-refractivity contribution in [2.75, 3.05) is 19.8 Å². The monoisotopic (exact) mass is 869 g/mol. The predicted octanol–water partition coefficient (Wildman–Crippen LogP) is 9.19. The highest BCUT2D eigenvalue weighted by atomic mass is 31.2. The van der Waals surface area contributed by atoms with Gasteiger partial charge in [0.2, 0.25) is 0 Å². The summed E-state index contributed by atoms with van der Waals surface area (Å²) in [6.45, 7) is 4.04. The number of phosphoric ester groups is 1. The van der Waals surface area contributed by atoms with E-state index in [9.17, 15) is 39.8 Å². The van der Waals surface area contributed by atoms with E-state index < -0.39 is 63.1 Å². The molecular formula is C47H81O12P. The van der Waals surface area contributed by atoms with Gasteiger partial charge >= 0.3 is 13.8 Å². The third kappa shape index (κ3) is 29.1. The van der Waals surface area contributed by atoms with Gasteiger partial charge in [-0.25, -0.2) is 4.57 Å². The van der Waals surface area contributed by atoms with Gasteiger partial charge in [-0.2, -0.15) is 0 Å². The lowest BCUT2D eigenvalue weighted by atomic mass is 9.85. The highest BCUT2D eigenvalue weighted by Gasteiger charge is 2.51. The van der Waals surface area contributed by atoms with Gasteiger partial charge in [0.05, 0.1) is 13.2 Å². The maximum atomic E-state index is 12.8. The van der Waals surface area contributed by atoms with Crippen LogP contribution in [0.4, 0.5) is 0 Å². The van der Waals surface area contributed by atoms with E-state index >= 15 is 0 Å². The first-order valence-corrected chi connectivity index (χ1v) is 24.3. The van der Waals surface area contributed by atoms with E-state index in [1.165, 1.54) is 44.9 Å². The third-order valence-corrected chi connectivity index (χ3v) is 11.0. The van der Waals surface area contributed by atoms with Crippen LogP contribution in [0.3, 0.4) is 0 Å². The highest BCUT2D eigenvalue weighted by Crippen LogP contribution is 2.47.